The van der Waals surface area contributed by atoms with E-state index in [1.165, 1.54) is 0 Å². The first kappa shape index (κ1) is 15.9. The van der Waals surface area contributed by atoms with Crippen molar-refractivity contribution < 1.29 is 4.74 Å². The number of nitrogens with zero attached hydrogens (tertiary/aromatic N) is 1. The zero-order valence-electron chi connectivity index (χ0n) is 12.0. The Bertz CT molecular complexity index is 620. The van der Waals surface area contributed by atoms with Gasteiger partial charge in [0.2, 0.25) is 0 Å². The smallest absolute Gasteiger partial charge is 0.128 e. The van der Waals surface area contributed by atoms with E-state index in [0.717, 1.165) is 16.9 Å². The van der Waals surface area contributed by atoms with Gasteiger partial charge in [-0.3, -0.25) is 4.99 Å². The molecule has 0 heterocycles. The molecule has 0 aliphatic rings. The van der Waals surface area contributed by atoms with E-state index < -0.39 is 0 Å². The normalized spacial score (nSPS) is 12.6. The van der Waals surface area contributed by atoms with Crippen molar-refractivity contribution >= 4 is 29.4 Å². The minimum atomic E-state index is -0.124. The maximum Gasteiger partial charge on any atom is 0.128 e. The second-order valence-corrected chi connectivity index (χ2v) is 5.37. The number of hydrogen-bond donors (Lipinski definition) is 0. The Morgan fingerprint density at radius 3 is 2.43 bits per heavy atom. The molecule has 0 radical (unpaired) electrons. The first-order valence-corrected chi connectivity index (χ1v) is 7.58. The van der Waals surface area contributed by atoms with Crippen molar-refractivity contribution in [2.75, 3.05) is 6.61 Å². The van der Waals surface area contributed by atoms with Crippen LogP contribution in [-0.2, 0) is 0 Å². The van der Waals surface area contributed by atoms with E-state index in [-0.39, 0.29) is 6.04 Å². The molecule has 2 rings (SSSR count). The molecule has 0 aromatic heterocycles. The summed E-state index contributed by atoms with van der Waals surface area (Å²) in [5.41, 5.74) is 1.78. The van der Waals surface area contributed by atoms with Crippen LogP contribution in [-0.4, -0.2) is 12.8 Å². The topological polar surface area (TPSA) is 21.6 Å². The molecule has 0 fully saturated rings. The first-order chi connectivity index (χ1) is 10.1. The minimum absolute atomic E-state index is 0.124. The quantitative estimate of drug-likeness (QED) is 0.659. The lowest BCUT2D eigenvalue weighted by Gasteiger charge is -2.11. The largest absolute Gasteiger partial charge is 0.493 e. The van der Waals surface area contributed by atoms with E-state index in [1.54, 1.807) is 6.21 Å². The average Bonchev–Trinajstić information content (AvgIpc) is 2.46. The summed E-state index contributed by atoms with van der Waals surface area (Å²) in [5.74, 6) is 0.821. The van der Waals surface area contributed by atoms with Crippen LogP contribution < -0.4 is 4.74 Å². The number of para-hydroxylation sites is 1. The standard InChI is InChI=1S/C17H17Cl2NO/c1-3-21-16-10-5-4-7-13(16)11-20-12(2)17-14(18)8-6-9-15(17)19/h4-12H,3H2,1-2H3. The van der Waals surface area contributed by atoms with Gasteiger partial charge < -0.3 is 4.74 Å². The van der Waals surface area contributed by atoms with Gasteiger partial charge in [-0.2, -0.15) is 0 Å². The van der Waals surface area contributed by atoms with Crippen LogP contribution in [0.1, 0.15) is 31.0 Å². The number of benzene rings is 2. The van der Waals surface area contributed by atoms with Gasteiger partial charge in [0.15, 0.2) is 0 Å². The highest BCUT2D eigenvalue weighted by atomic mass is 35.5. The Morgan fingerprint density at radius 2 is 1.76 bits per heavy atom. The monoisotopic (exact) mass is 321 g/mol. The van der Waals surface area contributed by atoms with E-state index >= 15 is 0 Å². The van der Waals surface area contributed by atoms with E-state index in [9.17, 15) is 0 Å². The number of ether oxygens (including phenoxy) is 1. The van der Waals surface area contributed by atoms with Crippen molar-refractivity contribution in [3.63, 3.8) is 0 Å². The van der Waals surface area contributed by atoms with Gasteiger partial charge >= 0.3 is 0 Å². The van der Waals surface area contributed by atoms with Gasteiger partial charge in [-0.25, -0.2) is 0 Å². The van der Waals surface area contributed by atoms with Gasteiger partial charge in [0, 0.05) is 27.4 Å². The van der Waals surface area contributed by atoms with Crippen molar-refractivity contribution in [2.24, 2.45) is 4.99 Å². The molecule has 0 bridgehead atoms. The maximum absolute atomic E-state index is 6.20. The van der Waals surface area contributed by atoms with Crippen LogP contribution in [0.3, 0.4) is 0 Å². The molecule has 110 valence electrons. The van der Waals surface area contributed by atoms with E-state index in [2.05, 4.69) is 4.99 Å². The van der Waals surface area contributed by atoms with Crippen LogP contribution in [0.5, 0.6) is 5.75 Å². The molecule has 0 aliphatic heterocycles. The molecule has 2 aromatic rings. The molecule has 0 aliphatic carbocycles. The third kappa shape index (κ3) is 3.99. The van der Waals surface area contributed by atoms with Crippen molar-refractivity contribution in [3.8, 4) is 5.75 Å². The molecule has 0 spiro atoms. The zero-order valence-corrected chi connectivity index (χ0v) is 13.5. The lowest BCUT2D eigenvalue weighted by molar-refractivity contribution is 0.340. The molecule has 0 amide bonds. The van der Waals surface area contributed by atoms with Crippen LogP contribution >= 0.6 is 23.2 Å². The van der Waals surface area contributed by atoms with E-state index in [1.807, 2.05) is 56.3 Å². The van der Waals surface area contributed by atoms with Crippen LogP contribution in [0.4, 0.5) is 0 Å². The van der Waals surface area contributed by atoms with Crippen molar-refractivity contribution in [2.45, 2.75) is 19.9 Å². The average molecular weight is 322 g/mol. The fraction of sp³-hybridized carbons (Fsp3) is 0.235. The summed E-state index contributed by atoms with van der Waals surface area (Å²) in [7, 11) is 0. The van der Waals surface area contributed by atoms with Gasteiger partial charge in [0.05, 0.1) is 12.6 Å². The summed E-state index contributed by atoms with van der Waals surface area (Å²) in [6, 6.07) is 13.1. The van der Waals surface area contributed by atoms with Crippen molar-refractivity contribution in [1.29, 1.82) is 0 Å². The summed E-state index contributed by atoms with van der Waals surface area (Å²) in [4.78, 5) is 4.56. The Kier molecular flexibility index (Phi) is 5.66. The molecule has 0 N–H and O–H groups in total. The van der Waals surface area contributed by atoms with Gasteiger partial charge in [-0.1, -0.05) is 41.4 Å². The SMILES string of the molecule is CCOc1ccccc1C=NC(C)c1c(Cl)cccc1Cl. The predicted molar refractivity (Wildman–Crippen MR) is 90.1 cm³/mol. The molecule has 4 heteroatoms. The Labute approximate surface area is 135 Å². The molecule has 1 unspecified atom stereocenters. The number of aliphatic imine (C=N–C) groups is 1. The summed E-state index contributed by atoms with van der Waals surface area (Å²) in [6.45, 7) is 4.55. The summed E-state index contributed by atoms with van der Waals surface area (Å²) in [6.07, 6.45) is 1.80. The molecule has 21 heavy (non-hydrogen) atoms. The summed E-state index contributed by atoms with van der Waals surface area (Å²) >= 11 is 12.4. The van der Waals surface area contributed by atoms with Gasteiger partial charge in [0.25, 0.3) is 0 Å². The Balaban J connectivity index is 2.25. The summed E-state index contributed by atoms with van der Waals surface area (Å²) in [5, 5.41) is 1.26. The minimum Gasteiger partial charge on any atom is -0.493 e. The Hall–Kier alpha value is -1.51. The van der Waals surface area contributed by atoms with Crippen LogP contribution in [0.25, 0.3) is 0 Å². The Morgan fingerprint density at radius 1 is 1.10 bits per heavy atom. The molecule has 0 saturated heterocycles. The number of rotatable bonds is 5. The fourth-order valence-corrected chi connectivity index (χ4v) is 2.76. The van der Waals surface area contributed by atoms with Gasteiger partial charge in [-0.05, 0) is 38.1 Å². The molecule has 0 saturated carbocycles. The lowest BCUT2D eigenvalue weighted by Crippen LogP contribution is -1.97. The summed E-state index contributed by atoms with van der Waals surface area (Å²) < 4.78 is 5.58. The molecular weight excluding hydrogens is 305 g/mol. The highest BCUT2D eigenvalue weighted by Crippen LogP contribution is 2.32. The van der Waals surface area contributed by atoms with Crippen molar-refractivity contribution in [3.05, 3.63) is 63.6 Å². The molecule has 2 nitrogen and oxygen atoms in total. The van der Waals surface area contributed by atoms with Gasteiger partial charge in [-0.15, -0.1) is 0 Å². The molecule has 2 aromatic carbocycles. The van der Waals surface area contributed by atoms with Crippen LogP contribution in [0.15, 0.2) is 47.5 Å². The van der Waals surface area contributed by atoms with Crippen LogP contribution in [0.2, 0.25) is 10.0 Å². The molecular formula is C17H17Cl2NO. The van der Waals surface area contributed by atoms with E-state index in [4.69, 9.17) is 27.9 Å². The second kappa shape index (κ2) is 7.48. The number of hydrogen-bond acceptors (Lipinski definition) is 2. The van der Waals surface area contributed by atoms with Gasteiger partial charge in [0.1, 0.15) is 5.75 Å². The third-order valence-corrected chi connectivity index (χ3v) is 3.73. The lowest BCUT2D eigenvalue weighted by atomic mass is 10.1. The second-order valence-electron chi connectivity index (χ2n) is 4.56. The third-order valence-electron chi connectivity index (χ3n) is 3.07. The highest BCUT2D eigenvalue weighted by molar-refractivity contribution is 6.36. The highest BCUT2D eigenvalue weighted by Gasteiger charge is 2.12. The predicted octanol–water partition coefficient (Wildman–Crippen LogP) is 5.57. The van der Waals surface area contributed by atoms with Crippen molar-refractivity contribution in [1.82, 2.24) is 0 Å². The molecule has 1 atom stereocenters. The van der Waals surface area contributed by atoms with E-state index in [0.29, 0.717) is 16.7 Å². The fourth-order valence-electron chi connectivity index (χ4n) is 2.05. The zero-order chi connectivity index (χ0) is 15.2. The maximum atomic E-state index is 6.20. The number of halogens is 2. The van der Waals surface area contributed by atoms with Crippen LogP contribution in [0, 0.1) is 0 Å². The first-order valence-electron chi connectivity index (χ1n) is 6.82.